The molecule has 1 saturated carbocycles. The molecule has 0 radical (unpaired) electrons. The molecule has 2 aliphatic carbocycles. The first-order valence-corrected chi connectivity index (χ1v) is 12.7. The number of nitrogens with one attached hydrogen (secondary N) is 1. The van der Waals surface area contributed by atoms with Gasteiger partial charge in [-0.1, -0.05) is 36.4 Å². The van der Waals surface area contributed by atoms with Crippen LogP contribution in [-0.4, -0.2) is 32.1 Å². The van der Waals surface area contributed by atoms with Crippen LogP contribution in [0.5, 0.6) is 11.5 Å². The summed E-state index contributed by atoms with van der Waals surface area (Å²) in [4.78, 5) is 27.3. The molecule has 0 bridgehead atoms. The highest BCUT2D eigenvalue weighted by Gasteiger charge is 2.42. The van der Waals surface area contributed by atoms with Gasteiger partial charge in [0.1, 0.15) is 6.10 Å². The van der Waals surface area contributed by atoms with Crippen LogP contribution in [-0.2, 0) is 14.3 Å². The third-order valence-corrected chi connectivity index (χ3v) is 7.64. The fourth-order valence-electron chi connectivity index (χ4n) is 5.86. The Morgan fingerprint density at radius 2 is 1.64 bits per heavy atom. The van der Waals surface area contributed by atoms with Gasteiger partial charge in [0.25, 0.3) is 0 Å². The second-order valence-corrected chi connectivity index (χ2v) is 9.85. The van der Waals surface area contributed by atoms with E-state index in [9.17, 15) is 9.59 Å². The maximum absolute atomic E-state index is 13.8. The van der Waals surface area contributed by atoms with Crippen LogP contribution in [0.4, 0.5) is 0 Å². The van der Waals surface area contributed by atoms with E-state index in [1.807, 2.05) is 43.3 Å². The Labute approximate surface area is 212 Å². The highest BCUT2D eigenvalue weighted by atomic mass is 16.5. The number of ketones is 1. The zero-order valence-electron chi connectivity index (χ0n) is 21.1. The third-order valence-electron chi connectivity index (χ3n) is 7.64. The largest absolute Gasteiger partial charge is 0.493 e. The first kappa shape index (κ1) is 24.2. The number of allylic oxidation sites excluding steroid dienone is 3. The highest BCUT2D eigenvalue weighted by Crippen LogP contribution is 2.47. The maximum atomic E-state index is 13.8. The minimum atomic E-state index is -0.529. The van der Waals surface area contributed by atoms with Gasteiger partial charge in [-0.05, 0) is 68.2 Å². The van der Waals surface area contributed by atoms with E-state index in [1.165, 1.54) is 0 Å². The molecule has 0 amide bonds. The number of esters is 1. The molecule has 2 atom stereocenters. The summed E-state index contributed by atoms with van der Waals surface area (Å²) in [5, 5.41) is 3.44. The van der Waals surface area contributed by atoms with Crippen LogP contribution in [0.2, 0.25) is 0 Å². The average Bonchev–Trinajstić information content (AvgIpc) is 3.40. The molecule has 0 aromatic heterocycles. The monoisotopic (exact) mass is 487 g/mol. The summed E-state index contributed by atoms with van der Waals surface area (Å²) in [5.41, 5.74) is 4.73. The predicted octanol–water partition coefficient (Wildman–Crippen LogP) is 5.55. The molecule has 1 fully saturated rings. The van der Waals surface area contributed by atoms with E-state index in [2.05, 4.69) is 17.4 Å². The lowest BCUT2D eigenvalue weighted by molar-refractivity contribution is -0.144. The quantitative estimate of drug-likeness (QED) is 0.539. The number of methoxy groups -OCH3 is 2. The molecule has 6 nitrogen and oxygen atoms in total. The normalized spacial score (nSPS) is 22.2. The van der Waals surface area contributed by atoms with Crippen molar-refractivity contribution >= 4 is 11.8 Å². The molecule has 188 valence electrons. The van der Waals surface area contributed by atoms with Crippen molar-refractivity contribution in [1.29, 1.82) is 0 Å². The molecule has 2 aromatic rings. The molecule has 1 N–H and O–H groups in total. The van der Waals surface area contributed by atoms with Gasteiger partial charge in [0.2, 0.25) is 0 Å². The predicted molar refractivity (Wildman–Crippen MR) is 137 cm³/mol. The molecule has 36 heavy (non-hydrogen) atoms. The zero-order chi connectivity index (χ0) is 25.2. The highest BCUT2D eigenvalue weighted by molar-refractivity contribution is 6.04. The molecule has 0 saturated heterocycles. The van der Waals surface area contributed by atoms with Crippen LogP contribution >= 0.6 is 0 Å². The van der Waals surface area contributed by atoms with Crippen molar-refractivity contribution in [2.75, 3.05) is 14.2 Å². The Morgan fingerprint density at radius 1 is 0.917 bits per heavy atom. The second-order valence-electron chi connectivity index (χ2n) is 9.85. The molecule has 5 rings (SSSR count). The maximum Gasteiger partial charge on any atom is 0.337 e. The number of ether oxygens (including phenoxy) is 3. The van der Waals surface area contributed by atoms with E-state index >= 15 is 0 Å². The van der Waals surface area contributed by atoms with Gasteiger partial charge in [0.05, 0.1) is 19.8 Å². The molecular formula is C30H33NO5. The van der Waals surface area contributed by atoms with Crippen LogP contribution in [0.3, 0.4) is 0 Å². The van der Waals surface area contributed by atoms with Gasteiger partial charge in [-0.2, -0.15) is 0 Å². The van der Waals surface area contributed by atoms with Crippen molar-refractivity contribution in [3.05, 3.63) is 82.2 Å². The fraction of sp³-hybridized carbons (Fsp3) is 0.400. The zero-order valence-corrected chi connectivity index (χ0v) is 21.1. The Kier molecular flexibility index (Phi) is 6.86. The van der Waals surface area contributed by atoms with Gasteiger partial charge in [-0.15, -0.1) is 0 Å². The van der Waals surface area contributed by atoms with Gasteiger partial charge >= 0.3 is 5.97 Å². The third kappa shape index (κ3) is 4.52. The number of carbonyl (C=O) groups excluding carboxylic acids is 2. The summed E-state index contributed by atoms with van der Waals surface area (Å²) >= 11 is 0. The molecular weight excluding hydrogens is 454 g/mol. The van der Waals surface area contributed by atoms with Crippen LogP contribution in [0.25, 0.3) is 0 Å². The summed E-state index contributed by atoms with van der Waals surface area (Å²) < 4.78 is 16.9. The Morgan fingerprint density at radius 3 is 2.33 bits per heavy atom. The number of rotatable bonds is 6. The lowest BCUT2D eigenvalue weighted by Gasteiger charge is -2.37. The summed E-state index contributed by atoms with van der Waals surface area (Å²) in [6, 6.07) is 15.8. The molecule has 2 aromatic carbocycles. The van der Waals surface area contributed by atoms with Gasteiger partial charge < -0.3 is 19.5 Å². The second kappa shape index (κ2) is 10.2. The summed E-state index contributed by atoms with van der Waals surface area (Å²) in [7, 11) is 3.17. The lowest BCUT2D eigenvalue weighted by atomic mass is 9.71. The van der Waals surface area contributed by atoms with E-state index in [1.54, 1.807) is 14.2 Å². The molecule has 0 spiro atoms. The van der Waals surface area contributed by atoms with Crippen molar-refractivity contribution in [2.24, 2.45) is 0 Å². The summed E-state index contributed by atoms with van der Waals surface area (Å²) in [6.07, 6.45) is 4.96. The number of hydrogen-bond donors (Lipinski definition) is 1. The standard InChI is InChI=1S/C30H33NO5/c1-18-27(30(33)36-22-11-7-8-12-22)28(20-13-14-25(34-2)26(17-20)35-3)29-23(31-18)15-21(16-24(29)32)19-9-5-4-6-10-19/h4-6,9-10,13-14,17,21-22,28,31H,7-8,11-12,15-16H2,1-3H3/t21-,28-/m0/s1. The van der Waals surface area contributed by atoms with E-state index in [0.717, 1.165) is 48.2 Å². The molecule has 0 unspecified atom stereocenters. The Bertz CT molecular complexity index is 1220. The van der Waals surface area contributed by atoms with Gasteiger partial charge in [-0.3, -0.25) is 4.79 Å². The van der Waals surface area contributed by atoms with Crippen molar-refractivity contribution in [1.82, 2.24) is 5.32 Å². The van der Waals surface area contributed by atoms with E-state index < -0.39 is 5.92 Å². The minimum Gasteiger partial charge on any atom is -0.493 e. The fourth-order valence-corrected chi connectivity index (χ4v) is 5.86. The lowest BCUT2D eigenvalue weighted by Crippen LogP contribution is -2.36. The molecule has 3 aliphatic rings. The first-order chi connectivity index (χ1) is 17.5. The van der Waals surface area contributed by atoms with Crippen molar-refractivity contribution in [3.63, 3.8) is 0 Å². The summed E-state index contributed by atoms with van der Waals surface area (Å²) in [6.45, 7) is 1.90. The van der Waals surface area contributed by atoms with Crippen molar-refractivity contribution < 1.29 is 23.8 Å². The Balaban J connectivity index is 1.58. The first-order valence-electron chi connectivity index (χ1n) is 12.7. The van der Waals surface area contributed by atoms with Gasteiger partial charge in [0.15, 0.2) is 17.3 Å². The van der Waals surface area contributed by atoms with Crippen molar-refractivity contribution in [3.8, 4) is 11.5 Å². The molecule has 6 heteroatoms. The number of hydrogen-bond acceptors (Lipinski definition) is 6. The van der Waals surface area contributed by atoms with E-state index in [0.29, 0.717) is 35.5 Å². The number of carbonyl (C=O) groups is 2. The van der Waals surface area contributed by atoms with Crippen LogP contribution in [0.15, 0.2) is 71.1 Å². The van der Waals surface area contributed by atoms with Gasteiger partial charge in [0, 0.05) is 29.3 Å². The van der Waals surface area contributed by atoms with Crippen LogP contribution < -0.4 is 14.8 Å². The number of dihydropyridines is 1. The SMILES string of the molecule is COc1ccc([C@H]2C(C(=O)OC3CCCC3)=C(C)NC3=C2C(=O)C[C@@H](c2ccccc2)C3)cc1OC. The Hall–Kier alpha value is -3.54. The topological polar surface area (TPSA) is 73.9 Å². The number of Topliss-reactive ketones (excluding diaryl/α,β-unsaturated/α-hetero) is 1. The number of benzene rings is 2. The van der Waals surface area contributed by atoms with E-state index in [4.69, 9.17) is 14.2 Å². The van der Waals surface area contributed by atoms with Crippen LogP contribution in [0.1, 0.15) is 68.4 Å². The molecule has 1 aliphatic heterocycles. The van der Waals surface area contributed by atoms with Crippen LogP contribution in [0, 0.1) is 0 Å². The van der Waals surface area contributed by atoms with Gasteiger partial charge in [-0.25, -0.2) is 4.79 Å². The molecule has 1 heterocycles. The average molecular weight is 488 g/mol. The van der Waals surface area contributed by atoms with E-state index in [-0.39, 0.29) is 23.8 Å². The minimum absolute atomic E-state index is 0.0519. The smallest absolute Gasteiger partial charge is 0.337 e. The van der Waals surface area contributed by atoms with Crippen molar-refractivity contribution in [2.45, 2.75) is 63.4 Å². The summed E-state index contributed by atoms with van der Waals surface area (Å²) in [5.74, 6) is 0.420.